The number of pyridine rings is 1. The lowest BCUT2D eigenvalue weighted by molar-refractivity contribution is 0.472. The molecule has 0 amide bonds. The molecule has 0 radical (unpaired) electrons. The molecule has 0 unspecified atom stereocenters. The second-order valence-corrected chi connectivity index (χ2v) is 7.36. The van der Waals surface area contributed by atoms with Crippen molar-refractivity contribution in [3.05, 3.63) is 40.2 Å². The summed E-state index contributed by atoms with van der Waals surface area (Å²) in [5.74, 6) is 0. The molecule has 0 saturated carbocycles. The van der Waals surface area contributed by atoms with Crippen molar-refractivity contribution in [2.75, 3.05) is 0 Å². The molecule has 24 heavy (non-hydrogen) atoms. The molecule has 0 saturated heterocycles. The summed E-state index contributed by atoms with van der Waals surface area (Å²) in [6, 6.07) is 4.28. The first kappa shape index (κ1) is 20.3. The number of allylic oxidation sites excluding steroid dienone is 2. The van der Waals surface area contributed by atoms with Crippen LogP contribution in [-0.2, 0) is 5.41 Å². The van der Waals surface area contributed by atoms with Gasteiger partial charge in [-0.15, -0.1) is 0 Å². The minimum atomic E-state index is 0.0714. The SMILES string of the molecule is CCCC(C)(C)c1cc(/C(N)=C(\C)CC)nc(/C(N)=C(/C)CC)c1. The highest BCUT2D eigenvalue weighted by molar-refractivity contribution is 5.68. The molecule has 0 atom stereocenters. The van der Waals surface area contributed by atoms with E-state index in [9.17, 15) is 0 Å². The second-order valence-electron chi connectivity index (χ2n) is 7.36. The maximum absolute atomic E-state index is 6.37. The van der Waals surface area contributed by atoms with Crippen molar-refractivity contribution in [1.82, 2.24) is 4.98 Å². The van der Waals surface area contributed by atoms with Crippen molar-refractivity contribution < 1.29 is 0 Å². The molecule has 1 aromatic heterocycles. The fraction of sp³-hybridized carbons (Fsp3) is 0.571. The minimum Gasteiger partial charge on any atom is -0.397 e. The molecular formula is C21H35N3. The highest BCUT2D eigenvalue weighted by atomic mass is 14.8. The van der Waals surface area contributed by atoms with Gasteiger partial charge in [0.2, 0.25) is 0 Å². The van der Waals surface area contributed by atoms with Gasteiger partial charge >= 0.3 is 0 Å². The third kappa shape index (κ3) is 4.62. The first-order valence-electron chi connectivity index (χ1n) is 9.11. The molecule has 1 heterocycles. The summed E-state index contributed by atoms with van der Waals surface area (Å²) in [6.07, 6.45) is 4.09. The van der Waals surface area contributed by atoms with Gasteiger partial charge in [-0.25, -0.2) is 4.98 Å². The van der Waals surface area contributed by atoms with Crippen molar-refractivity contribution in [3.63, 3.8) is 0 Å². The van der Waals surface area contributed by atoms with Crippen molar-refractivity contribution in [1.29, 1.82) is 0 Å². The summed E-state index contributed by atoms with van der Waals surface area (Å²) in [5, 5.41) is 0. The quantitative estimate of drug-likeness (QED) is 0.708. The summed E-state index contributed by atoms with van der Waals surface area (Å²) in [4.78, 5) is 4.78. The van der Waals surface area contributed by atoms with Gasteiger partial charge in [-0.3, -0.25) is 0 Å². The fourth-order valence-electron chi connectivity index (χ4n) is 2.78. The predicted octanol–water partition coefficient (Wildman–Crippen LogP) is 5.36. The lowest BCUT2D eigenvalue weighted by Crippen LogP contribution is -2.19. The maximum atomic E-state index is 6.37. The van der Waals surface area contributed by atoms with E-state index in [0.29, 0.717) is 0 Å². The highest BCUT2D eigenvalue weighted by Gasteiger charge is 2.22. The molecule has 3 heteroatoms. The van der Waals surface area contributed by atoms with E-state index >= 15 is 0 Å². The van der Waals surface area contributed by atoms with Crippen LogP contribution in [0.1, 0.15) is 91.1 Å². The summed E-state index contributed by atoms with van der Waals surface area (Å²) in [7, 11) is 0. The van der Waals surface area contributed by atoms with E-state index in [1.165, 1.54) is 5.56 Å². The molecule has 0 bridgehead atoms. The Kier molecular flexibility index (Phi) is 7.07. The zero-order chi connectivity index (χ0) is 18.5. The van der Waals surface area contributed by atoms with Crippen LogP contribution < -0.4 is 11.5 Å². The maximum Gasteiger partial charge on any atom is 0.0869 e. The van der Waals surface area contributed by atoms with E-state index in [1.54, 1.807) is 0 Å². The first-order chi connectivity index (χ1) is 11.2. The van der Waals surface area contributed by atoms with Crippen LogP contribution in [0.2, 0.25) is 0 Å². The molecule has 1 aromatic rings. The van der Waals surface area contributed by atoms with Crippen molar-refractivity contribution in [2.45, 2.75) is 79.6 Å². The molecule has 1 rings (SSSR count). The monoisotopic (exact) mass is 329 g/mol. The molecule has 0 aliphatic rings. The topological polar surface area (TPSA) is 64.9 Å². The molecule has 0 aliphatic carbocycles. The fourth-order valence-corrected chi connectivity index (χ4v) is 2.78. The van der Waals surface area contributed by atoms with Gasteiger partial charge in [0, 0.05) is 0 Å². The van der Waals surface area contributed by atoms with Crippen LogP contribution in [0.3, 0.4) is 0 Å². The van der Waals surface area contributed by atoms with Crippen LogP contribution in [0.25, 0.3) is 11.4 Å². The smallest absolute Gasteiger partial charge is 0.0869 e. The van der Waals surface area contributed by atoms with Gasteiger partial charge in [0.1, 0.15) is 0 Å². The summed E-state index contributed by atoms with van der Waals surface area (Å²) in [6.45, 7) is 15.1. The van der Waals surface area contributed by atoms with E-state index < -0.39 is 0 Å². The Morgan fingerprint density at radius 3 is 1.67 bits per heavy atom. The molecule has 0 spiro atoms. The Bertz CT molecular complexity index is 592. The molecule has 4 N–H and O–H groups in total. The van der Waals surface area contributed by atoms with Gasteiger partial charge < -0.3 is 11.5 Å². The third-order valence-corrected chi connectivity index (χ3v) is 5.01. The predicted molar refractivity (Wildman–Crippen MR) is 106 cm³/mol. The van der Waals surface area contributed by atoms with E-state index in [0.717, 1.165) is 59.6 Å². The average molecular weight is 330 g/mol. The Hall–Kier alpha value is -1.77. The molecule has 0 aliphatic heterocycles. The van der Waals surface area contributed by atoms with Gasteiger partial charge in [-0.1, -0.05) is 41.0 Å². The van der Waals surface area contributed by atoms with E-state index in [-0.39, 0.29) is 5.41 Å². The average Bonchev–Trinajstić information content (AvgIpc) is 2.58. The zero-order valence-electron chi connectivity index (χ0n) is 16.6. The number of nitrogens with two attached hydrogens (primary N) is 2. The summed E-state index contributed by atoms with van der Waals surface area (Å²) >= 11 is 0. The number of hydrogen-bond donors (Lipinski definition) is 2. The van der Waals surface area contributed by atoms with E-state index in [4.69, 9.17) is 16.5 Å². The number of aromatic nitrogens is 1. The third-order valence-electron chi connectivity index (χ3n) is 5.01. The van der Waals surface area contributed by atoms with E-state index in [1.807, 2.05) is 0 Å². The molecule has 134 valence electrons. The largest absolute Gasteiger partial charge is 0.397 e. The molecule has 3 nitrogen and oxygen atoms in total. The lowest BCUT2D eigenvalue weighted by Gasteiger charge is -2.26. The Morgan fingerprint density at radius 1 is 0.917 bits per heavy atom. The number of hydrogen-bond acceptors (Lipinski definition) is 3. The Labute approximate surface area is 148 Å². The Morgan fingerprint density at radius 2 is 1.33 bits per heavy atom. The standard InChI is InChI=1S/C21H35N3/c1-8-11-21(6,7)16-12-17(19(22)14(4)9-2)24-18(13-16)20(23)15(5)10-3/h12-13H,8-11,22-23H2,1-7H3/b19-14-,20-15+. The van der Waals surface area contributed by atoms with Crippen LogP contribution in [-0.4, -0.2) is 4.98 Å². The Balaban J connectivity index is 3.63. The lowest BCUT2D eigenvalue weighted by atomic mass is 9.80. The molecule has 0 aromatic carbocycles. The van der Waals surface area contributed by atoms with Crippen molar-refractivity contribution in [2.24, 2.45) is 11.5 Å². The van der Waals surface area contributed by atoms with Gasteiger partial charge in [-0.05, 0) is 67.4 Å². The first-order valence-corrected chi connectivity index (χ1v) is 9.11. The zero-order valence-corrected chi connectivity index (χ0v) is 16.6. The van der Waals surface area contributed by atoms with Crippen LogP contribution in [0.5, 0.6) is 0 Å². The van der Waals surface area contributed by atoms with Crippen molar-refractivity contribution in [3.8, 4) is 0 Å². The van der Waals surface area contributed by atoms with Gasteiger partial charge in [0.05, 0.1) is 22.8 Å². The normalized spacial score (nSPS) is 14.3. The van der Waals surface area contributed by atoms with Crippen LogP contribution >= 0.6 is 0 Å². The van der Waals surface area contributed by atoms with E-state index in [2.05, 4.69) is 60.6 Å². The highest BCUT2D eigenvalue weighted by Crippen LogP contribution is 2.31. The van der Waals surface area contributed by atoms with Gasteiger partial charge in [0.25, 0.3) is 0 Å². The summed E-state index contributed by atoms with van der Waals surface area (Å²) < 4.78 is 0. The number of nitrogens with zero attached hydrogens (tertiary/aromatic N) is 1. The molecule has 0 fully saturated rings. The van der Waals surface area contributed by atoms with Crippen LogP contribution in [0.4, 0.5) is 0 Å². The van der Waals surface area contributed by atoms with Gasteiger partial charge in [0.15, 0.2) is 0 Å². The molecular weight excluding hydrogens is 294 g/mol. The van der Waals surface area contributed by atoms with Crippen LogP contribution in [0, 0.1) is 0 Å². The van der Waals surface area contributed by atoms with Crippen molar-refractivity contribution >= 4 is 11.4 Å². The van der Waals surface area contributed by atoms with Gasteiger partial charge in [-0.2, -0.15) is 0 Å². The second kappa shape index (κ2) is 8.36. The summed E-state index contributed by atoms with van der Waals surface area (Å²) in [5.41, 5.74) is 19.6. The minimum absolute atomic E-state index is 0.0714. The number of rotatable bonds is 7. The van der Waals surface area contributed by atoms with Crippen LogP contribution in [0.15, 0.2) is 23.3 Å².